The van der Waals surface area contributed by atoms with Crippen molar-refractivity contribution in [2.75, 3.05) is 5.32 Å². The van der Waals surface area contributed by atoms with Gasteiger partial charge in [-0.3, -0.25) is 4.79 Å². The summed E-state index contributed by atoms with van der Waals surface area (Å²) < 4.78 is 0. The number of hydrogen-bond acceptors (Lipinski definition) is 2. The van der Waals surface area contributed by atoms with Crippen LogP contribution in [0.25, 0.3) is 22.5 Å². The molecule has 0 fully saturated rings. The third-order valence-electron chi connectivity index (χ3n) is 4.86. The SMILES string of the molecule is Cc1ccc(-c2ccc3c(c2)NC(=O)CC3(C)C)c(-c2ncc[nH]2)c1. The lowest BCUT2D eigenvalue weighted by molar-refractivity contribution is -0.117. The number of hydrogen-bond donors (Lipinski definition) is 2. The first-order valence-corrected chi connectivity index (χ1v) is 8.49. The number of aromatic nitrogens is 2. The van der Waals surface area contributed by atoms with Crippen molar-refractivity contribution < 1.29 is 4.79 Å². The van der Waals surface area contributed by atoms with Gasteiger partial charge in [0.2, 0.25) is 5.91 Å². The molecule has 4 heteroatoms. The van der Waals surface area contributed by atoms with Gasteiger partial charge >= 0.3 is 0 Å². The molecule has 25 heavy (non-hydrogen) atoms. The summed E-state index contributed by atoms with van der Waals surface area (Å²) in [4.78, 5) is 19.7. The average molecular weight is 331 g/mol. The van der Waals surface area contributed by atoms with E-state index in [4.69, 9.17) is 0 Å². The Hall–Kier alpha value is -2.88. The normalized spacial score (nSPS) is 15.6. The van der Waals surface area contributed by atoms with Gasteiger partial charge in [-0.2, -0.15) is 0 Å². The number of nitrogens with zero attached hydrogens (tertiary/aromatic N) is 1. The van der Waals surface area contributed by atoms with Gasteiger partial charge in [0.05, 0.1) is 0 Å². The van der Waals surface area contributed by atoms with E-state index in [1.54, 1.807) is 6.20 Å². The quantitative estimate of drug-likeness (QED) is 0.717. The van der Waals surface area contributed by atoms with Crippen LogP contribution in [0.1, 0.15) is 31.4 Å². The molecule has 2 N–H and O–H groups in total. The van der Waals surface area contributed by atoms with E-state index >= 15 is 0 Å². The molecule has 0 atom stereocenters. The van der Waals surface area contributed by atoms with E-state index in [2.05, 4.69) is 72.5 Å². The number of fused-ring (bicyclic) bond motifs is 1. The molecule has 0 saturated heterocycles. The number of anilines is 1. The van der Waals surface area contributed by atoms with Crippen LogP contribution in [0.4, 0.5) is 5.69 Å². The Balaban J connectivity index is 1.87. The third-order valence-corrected chi connectivity index (χ3v) is 4.86. The standard InChI is InChI=1S/C21H21N3O/c1-13-4-6-15(16(10-13)20-22-8-9-23-20)14-5-7-17-18(11-14)24-19(25)12-21(17,2)3/h4-11H,12H2,1-3H3,(H,22,23)(H,24,25). The molecule has 4 nitrogen and oxygen atoms in total. The number of benzene rings is 2. The fourth-order valence-electron chi connectivity index (χ4n) is 3.61. The van der Waals surface area contributed by atoms with Crippen molar-refractivity contribution >= 4 is 11.6 Å². The number of amides is 1. The van der Waals surface area contributed by atoms with Crippen molar-refractivity contribution in [2.45, 2.75) is 32.6 Å². The molecule has 1 aliphatic rings. The molecule has 126 valence electrons. The van der Waals surface area contributed by atoms with E-state index in [-0.39, 0.29) is 11.3 Å². The number of aryl methyl sites for hydroxylation is 1. The Morgan fingerprint density at radius 2 is 1.92 bits per heavy atom. The Kier molecular flexibility index (Phi) is 3.49. The summed E-state index contributed by atoms with van der Waals surface area (Å²) in [6, 6.07) is 12.7. The zero-order chi connectivity index (χ0) is 17.6. The summed E-state index contributed by atoms with van der Waals surface area (Å²) in [5.74, 6) is 0.922. The van der Waals surface area contributed by atoms with Crippen LogP contribution in [-0.2, 0) is 10.2 Å². The first-order valence-electron chi connectivity index (χ1n) is 8.49. The summed E-state index contributed by atoms with van der Waals surface area (Å²) in [6.07, 6.45) is 4.11. The number of imidazole rings is 1. The smallest absolute Gasteiger partial charge is 0.225 e. The van der Waals surface area contributed by atoms with Crippen LogP contribution in [0.5, 0.6) is 0 Å². The number of nitrogens with one attached hydrogen (secondary N) is 2. The van der Waals surface area contributed by atoms with E-state index in [0.29, 0.717) is 6.42 Å². The van der Waals surface area contributed by atoms with Crippen molar-refractivity contribution in [3.8, 4) is 22.5 Å². The molecule has 0 radical (unpaired) electrons. The van der Waals surface area contributed by atoms with Gasteiger partial charge in [-0.15, -0.1) is 0 Å². The molecule has 0 aliphatic carbocycles. The minimum absolute atomic E-state index is 0.0739. The lowest BCUT2D eigenvalue weighted by Crippen LogP contribution is -2.32. The van der Waals surface area contributed by atoms with Gasteiger partial charge in [0, 0.05) is 35.5 Å². The Morgan fingerprint density at radius 3 is 2.68 bits per heavy atom. The largest absolute Gasteiger partial charge is 0.345 e. The predicted molar refractivity (Wildman–Crippen MR) is 100 cm³/mol. The predicted octanol–water partition coefficient (Wildman–Crippen LogP) is 4.67. The van der Waals surface area contributed by atoms with Crippen molar-refractivity contribution in [3.63, 3.8) is 0 Å². The zero-order valence-corrected chi connectivity index (χ0v) is 14.7. The van der Waals surface area contributed by atoms with Crippen LogP contribution in [0.15, 0.2) is 48.8 Å². The number of carbonyl (C=O) groups is 1. The van der Waals surface area contributed by atoms with Crippen LogP contribution in [-0.4, -0.2) is 15.9 Å². The van der Waals surface area contributed by atoms with Gasteiger partial charge in [-0.25, -0.2) is 4.98 Å². The zero-order valence-electron chi connectivity index (χ0n) is 14.7. The summed E-state index contributed by atoms with van der Waals surface area (Å²) in [5.41, 5.74) is 6.36. The summed E-state index contributed by atoms with van der Waals surface area (Å²) >= 11 is 0. The first-order chi connectivity index (χ1) is 11.9. The molecule has 2 heterocycles. The average Bonchev–Trinajstić information content (AvgIpc) is 3.07. The van der Waals surface area contributed by atoms with Gasteiger partial charge in [0.25, 0.3) is 0 Å². The van der Waals surface area contributed by atoms with Crippen molar-refractivity contribution in [3.05, 3.63) is 59.9 Å². The lowest BCUT2D eigenvalue weighted by Gasteiger charge is -2.32. The fraction of sp³-hybridized carbons (Fsp3) is 0.238. The second kappa shape index (κ2) is 5.59. The second-order valence-electron chi connectivity index (χ2n) is 7.36. The maximum Gasteiger partial charge on any atom is 0.225 e. The topological polar surface area (TPSA) is 57.8 Å². The summed E-state index contributed by atoms with van der Waals surface area (Å²) in [7, 11) is 0. The van der Waals surface area contributed by atoms with E-state index in [1.807, 2.05) is 6.20 Å². The minimum Gasteiger partial charge on any atom is -0.345 e. The fourth-order valence-corrected chi connectivity index (χ4v) is 3.61. The van der Waals surface area contributed by atoms with Crippen LogP contribution in [0.2, 0.25) is 0 Å². The molecule has 2 aromatic carbocycles. The molecular weight excluding hydrogens is 310 g/mol. The van der Waals surface area contributed by atoms with Crippen LogP contribution in [0, 0.1) is 6.92 Å². The number of H-pyrrole nitrogens is 1. The van der Waals surface area contributed by atoms with Gasteiger partial charge < -0.3 is 10.3 Å². The first kappa shape index (κ1) is 15.6. The highest BCUT2D eigenvalue weighted by Crippen LogP contribution is 2.40. The Morgan fingerprint density at radius 1 is 1.08 bits per heavy atom. The van der Waals surface area contributed by atoms with E-state index in [1.165, 1.54) is 11.1 Å². The second-order valence-corrected chi connectivity index (χ2v) is 7.36. The summed E-state index contributed by atoms with van der Waals surface area (Å²) in [6.45, 7) is 6.31. The van der Waals surface area contributed by atoms with Gasteiger partial charge in [-0.1, -0.05) is 43.7 Å². The van der Waals surface area contributed by atoms with Crippen LogP contribution >= 0.6 is 0 Å². The molecule has 1 aromatic heterocycles. The molecule has 3 aromatic rings. The number of carbonyl (C=O) groups excluding carboxylic acids is 1. The Labute approximate surface area is 147 Å². The van der Waals surface area contributed by atoms with Crippen molar-refractivity contribution in [1.29, 1.82) is 0 Å². The van der Waals surface area contributed by atoms with Gasteiger partial charge in [0.1, 0.15) is 5.82 Å². The molecule has 1 amide bonds. The van der Waals surface area contributed by atoms with Crippen molar-refractivity contribution in [2.24, 2.45) is 0 Å². The lowest BCUT2D eigenvalue weighted by atomic mass is 9.77. The third kappa shape index (κ3) is 2.74. The van der Waals surface area contributed by atoms with Gasteiger partial charge in [0.15, 0.2) is 0 Å². The van der Waals surface area contributed by atoms with E-state index in [0.717, 1.165) is 28.2 Å². The molecule has 1 aliphatic heterocycles. The molecule has 0 bridgehead atoms. The number of rotatable bonds is 2. The molecule has 0 spiro atoms. The molecule has 0 unspecified atom stereocenters. The maximum absolute atomic E-state index is 12.1. The minimum atomic E-state index is -0.146. The highest BCUT2D eigenvalue weighted by molar-refractivity contribution is 5.97. The summed E-state index contributed by atoms with van der Waals surface area (Å²) in [5, 5.41) is 3.03. The van der Waals surface area contributed by atoms with E-state index < -0.39 is 0 Å². The molecular formula is C21H21N3O. The highest BCUT2D eigenvalue weighted by Gasteiger charge is 2.32. The van der Waals surface area contributed by atoms with Crippen LogP contribution < -0.4 is 5.32 Å². The monoisotopic (exact) mass is 331 g/mol. The highest BCUT2D eigenvalue weighted by atomic mass is 16.1. The molecule has 4 rings (SSSR count). The van der Waals surface area contributed by atoms with Gasteiger partial charge in [-0.05, 0) is 35.7 Å². The van der Waals surface area contributed by atoms with Crippen LogP contribution in [0.3, 0.4) is 0 Å². The Bertz CT molecular complexity index is 955. The maximum atomic E-state index is 12.1. The van der Waals surface area contributed by atoms with E-state index in [9.17, 15) is 4.79 Å². The number of aromatic amines is 1. The molecule has 0 saturated carbocycles. The van der Waals surface area contributed by atoms with Crippen molar-refractivity contribution in [1.82, 2.24) is 9.97 Å².